The van der Waals surface area contributed by atoms with Crippen LogP contribution in [0.5, 0.6) is 0 Å². The van der Waals surface area contributed by atoms with Gasteiger partial charge in [0.1, 0.15) is 11.5 Å². The minimum absolute atomic E-state index is 0.0102. The molecular weight excluding hydrogens is 364 g/mol. The van der Waals surface area contributed by atoms with Crippen molar-refractivity contribution >= 4 is 17.5 Å². The van der Waals surface area contributed by atoms with Crippen LogP contribution in [-0.4, -0.2) is 52.7 Å². The van der Waals surface area contributed by atoms with Gasteiger partial charge in [0, 0.05) is 50.1 Å². The summed E-state index contributed by atoms with van der Waals surface area (Å²) >= 11 is 0. The molecule has 0 spiro atoms. The number of amides is 1. The molecule has 0 unspecified atom stereocenters. The lowest BCUT2D eigenvalue weighted by Gasteiger charge is -2.26. The highest BCUT2D eigenvalue weighted by Gasteiger charge is 2.24. The van der Waals surface area contributed by atoms with Crippen molar-refractivity contribution in [2.75, 3.05) is 31.1 Å². The van der Waals surface area contributed by atoms with Crippen molar-refractivity contribution < 1.29 is 9.59 Å². The predicted molar refractivity (Wildman–Crippen MR) is 114 cm³/mol. The molecule has 3 rings (SSSR count). The molecule has 29 heavy (non-hydrogen) atoms. The molecule has 1 fully saturated rings. The highest BCUT2D eigenvalue weighted by atomic mass is 16.2. The summed E-state index contributed by atoms with van der Waals surface area (Å²) in [5.41, 5.74) is 1.69. The van der Waals surface area contributed by atoms with E-state index in [-0.39, 0.29) is 17.1 Å². The van der Waals surface area contributed by atoms with Crippen LogP contribution >= 0.6 is 0 Å². The zero-order valence-corrected chi connectivity index (χ0v) is 17.8. The Bertz CT molecular complexity index is 888. The third-order valence-corrected chi connectivity index (χ3v) is 5.07. The van der Waals surface area contributed by atoms with Gasteiger partial charge < -0.3 is 9.80 Å². The Morgan fingerprint density at radius 1 is 1.03 bits per heavy atom. The molecule has 6 nitrogen and oxygen atoms in total. The minimum Gasteiger partial charge on any atom is -0.355 e. The zero-order chi connectivity index (χ0) is 21.0. The van der Waals surface area contributed by atoms with Gasteiger partial charge in [-0.15, -0.1) is 0 Å². The number of carbonyl (C=O) groups excluding carboxylic acids is 2. The van der Waals surface area contributed by atoms with Crippen LogP contribution in [0, 0.1) is 12.3 Å². The van der Waals surface area contributed by atoms with Gasteiger partial charge in [0.05, 0.1) is 0 Å². The normalized spacial score (nSPS) is 15.2. The molecule has 154 valence electrons. The van der Waals surface area contributed by atoms with Crippen LogP contribution in [0.2, 0.25) is 0 Å². The van der Waals surface area contributed by atoms with E-state index in [4.69, 9.17) is 0 Å². The van der Waals surface area contributed by atoms with Crippen LogP contribution in [0.15, 0.2) is 36.5 Å². The fraction of sp³-hybridized carbons (Fsp3) is 0.478. The molecule has 0 N–H and O–H groups in total. The average Bonchev–Trinajstić information content (AvgIpc) is 2.93. The van der Waals surface area contributed by atoms with Crippen molar-refractivity contribution in [1.82, 2.24) is 14.9 Å². The fourth-order valence-corrected chi connectivity index (χ4v) is 3.55. The number of pyridine rings is 2. The van der Waals surface area contributed by atoms with Crippen molar-refractivity contribution in [3.05, 3.63) is 53.5 Å². The summed E-state index contributed by atoms with van der Waals surface area (Å²) in [6.45, 7) is 11.1. The first-order valence-corrected chi connectivity index (χ1v) is 10.2. The van der Waals surface area contributed by atoms with Crippen LogP contribution in [0.4, 0.5) is 5.82 Å². The zero-order valence-electron chi connectivity index (χ0n) is 17.8. The van der Waals surface area contributed by atoms with E-state index in [1.807, 2.05) is 24.0 Å². The number of aryl methyl sites for hydroxylation is 1. The van der Waals surface area contributed by atoms with Gasteiger partial charge in [-0.1, -0.05) is 26.8 Å². The van der Waals surface area contributed by atoms with E-state index in [1.165, 1.54) is 0 Å². The number of carbonyl (C=O) groups is 2. The molecule has 0 radical (unpaired) electrons. The van der Waals surface area contributed by atoms with Crippen LogP contribution < -0.4 is 4.90 Å². The average molecular weight is 395 g/mol. The summed E-state index contributed by atoms with van der Waals surface area (Å²) in [6, 6.07) is 9.09. The first-order chi connectivity index (χ1) is 13.7. The first-order valence-electron chi connectivity index (χ1n) is 10.2. The lowest BCUT2D eigenvalue weighted by Crippen LogP contribution is -2.37. The third-order valence-electron chi connectivity index (χ3n) is 5.07. The Balaban J connectivity index is 1.72. The SMILES string of the molecule is Cc1ncccc1C(=O)c1cccc(N2CCCN(C(=O)CC(C)(C)C)CC2)n1. The van der Waals surface area contributed by atoms with E-state index in [0.717, 1.165) is 25.3 Å². The van der Waals surface area contributed by atoms with Gasteiger partial charge in [-0.25, -0.2) is 4.98 Å². The molecule has 0 bridgehead atoms. The summed E-state index contributed by atoms with van der Waals surface area (Å²) in [5, 5.41) is 0. The lowest BCUT2D eigenvalue weighted by atomic mass is 9.91. The summed E-state index contributed by atoms with van der Waals surface area (Å²) in [7, 11) is 0. The summed E-state index contributed by atoms with van der Waals surface area (Å²) in [6.07, 6.45) is 3.12. The second-order valence-corrected chi connectivity index (χ2v) is 8.81. The largest absolute Gasteiger partial charge is 0.355 e. The number of nitrogens with zero attached hydrogens (tertiary/aromatic N) is 4. The van der Waals surface area contributed by atoms with Gasteiger partial charge in [-0.3, -0.25) is 14.6 Å². The van der Waals surface area contributed by atoms with E-state index >= 15 is 0 Å². The molecular formula is C23H30N4O2. The van der Waals surface area contributed by atoms with E-state index < -0.39 is 0 Å². The Labute approximate surface area is 173 Å². The molecule has 0 saturated carbocycles. The van der Waals surface area contributed by atoms with Crippen molar-refractivity contribution in [3.8, 4) is 0 Å². The number of aromatic nitrogens is 2. The summed E-state index contributed by atoms with van der Waals surface area (Å²) in [5.74, 6) is 0.875. The number of hydrogen-bond acceptors (Lipinski definition) is 5. The van der Waals surface area contributed by atoms with Gasteiger partial charge in [0.15, 0.2) is 0 Å². The topological polar surface area (TPSA) is 66.4 Å². The van der Waals surface area contributed by atoms with Gasteiger partial charge in [-0.2, -0.15) is 0 Å². The van der Waals surface area contributed by atoms with E-state index in [2.05, 4.69) is 35.6 Å². The Morgan fingerprint density at radius 3 is 2.55 bits per heavy atom. The van der Waals surface area contributed by atoms with E-state index in [1.54, 1.807) is 24.4 Å². The summed E-state index contributed by atoms with van der Waals surface area (Å²) < 4.78 is 0. The first kappa shape index (κ1) is 21.0. The molecule has 2 aromatic rings. The van der Waals surface area contributed by atoms with E-state index in [9.17, 15) is 9.59 Å². The molecule has 1 aliphatic rings. The number of rotatable bonds is 4. The van der Waals surface area contributed by atoms with E-state index in [0.29, 0.717) is 36.5 Å². The maximum absolute atomic E-state index is 12.9. The van der Waals surface area contributed by atoms with Crippen molar-refractivity contribution in [2.45, 2.75) is 40.5 Å². The fourth-order valence-electron chi connectivity index (χ4n) is 3.55. The highest BCUT2D eigenvalue weighted by molar-refractivity contribution is 6.08. The molecule has 0 atom stereocenters. The Morgan fingerprint density at radius 2 is 1.83 bits per heavy atom. The number of ketones is 1. The molecule has 1 saturated heterocycles. The van der Waals surface area contributed by atoms with Gasteiger partial charge in [0.25, 0.3) is 0 Å². The molecule has 6 heteroatoms. The third kappa shape index (κ3) is 5.40. The quantitative estimate of drug-likeness (QED) is 0.743. The molecule has 0 aromatic carbocycles. The van der Waals surface area contributed by atoms with Crippen LogP contribution in [0.25, 0.3) is 0 Å². The van der Waals surface area contributed by atoms with Crippen LogP contribution in [0.1, 0.15) is 55.4 Å². The molecule has 1 aliphatic heterocycles. The maximum Gasteiger partial charge on any atom is 0.223 e. The highest BCUT2D eigenvalue weighted by Crippen LogP contribution is 2.22. The van der Waals surface area contributed by atoms with Gasteiger partial charge in [0.2, 0.25) is 11.7 Å². The number of anilines is 1. The second kappa shape index (κ2) is 8.72. The number of hydrogen-bond donors (Lipinski definition) is 0. The van der Waals surface area contributed by atoms with Gasteiger partial charge >= 0.3 is 0 Å². The minimum atomic E-state index is -0.116. The van der Waals surface area contributed by atoms with Gasteiger partial charge in [-0.05, 0) is 43.0 Å². The summed E-state index contributed by atoms with van der Waals surface area (Å²) in [4.78, 5) is 38.4. The molecule has 1 amide bonds. The Hall–Kier alpha value is -2.76. The molecule has 2 aromatic heterocycles. The van der Waals surface area contributed by atoms with Crippen LogP contribution in [-0.2, 0) is 4.79 Å². The predicted octanol–water partition coefficient (Wildman–Crippen LogP) is 3.49. The molecule has 3 heterocycles. The monoisotopic (exact) mass is 394 g/mol. The second-order valence-electron chi connectivity index (χ2n) is 8.81. The van der Waals surface area contributed by atoms with Crippen molar-refractivity contribution in [3.63, 3.8) is 0 Å². The van der Waals surface area contributed by atoms with Crippen molar-refractivity contribution in [1.29, 1.82) is 0 Å². The Kier molecular flexibility index (Phi) is 6.30. The molecule has 0 aliphatic carbocycles. The van der Waals surface area contributed by atoms with Crippen molar-refractivity contribution in [2.24, 2.45) is 5.41 Å². The standard InChI is InChI=1S/C23H30N4O2/c1-17-18(8-6-11-24-17)22(29)19-9-5-10-20(25-19)26-12-7-13-27(15-14-26)21(28)16-23(2,3)4/h5-6,8-11H,7,12-16H2,1-4H3. The smallest absolute Gasteiger partial charge is 0.223 e. The maximum atomic E-state index is 12.9. The lowest BCUT2D eigenvalue weighted by molar-refractivity contribution is -0.132. The van der Waals surface area contributed by atoms with Crippen LogP contribution in [0.3, 0.4) is 0 Å².